The third kappa shape index (κ3) is 4.53. The van der Waals surface area contributed by atoms with E-state index >= 15 is 0 Å². The molecule has 0 amide bonds. The van der Waals surface area contributed by atoms with E-state index in [-0.39, 0.29) is 11.4 Å². The number of nitro groups is 2. The van der Waals surface area contributed by atoms with Crippen molar-refractivity contribution in [3.8, 4) is 0 Å². The highest BCUT2D eigenvalue weighted by Crippen LogP contribution is 2.37. The summed E-state index contributed by atoms with van der Waals surface area (Å²) in [4.78, 5) is 17.8. The SMILES string of the molecule is CC(Cl)(/N=N/C(C)(Cl)c1ccc([N+](=O)[O-])cc1)c1ccc([N+](=O)[O-])cc1. The van der Waals surface area contributed by atoms with E-state index in [0.717, 1.165) is 0 Å². The summed E-state index contributed by atoms with van der Waals surface area (Å²) in [6, 6.07) is 11.2. The molecule has 2 atom stereocenters. The minimum absolute atomic E-state index is 0.0637. The van der Waals surface area contributed by atoms with Crippen LogP contribution in [0, 0.1) is 20.2 Å². The predicted molar refractivity (Wildman–Crippen MR) is 97.5 cm³/mol. The van der Waals surface area contributed by atoms with Crippen LogP contribution in [0.5, 0.6) is 0 Å². The Hall–Kier alpha value is -2.58. The second kappa shape index (κ2) is 7.35. The number of hydrogen-bond acceptors (Lipinski definition) is 6. The molecular weight excluding hydrogens is 383 g/mol. The fraction of sp³-hybridized carbons (Fsp3) is 0.250. The van der Waals surface area contributed by atoms with Crippen LogP contribution in [0.25, 0.3) is 0 Å². The maximum atomic E-state index is 10.7. The van der Waals surface area contributed by atoms with Crippen molar-refractivity contribution >= 4 is 34.6 Å². The van der Waals surface area contributed by atoms with Gasteiger partial charge in [-0.3, -0.25) is 20.2 Å². The van der Waals surface area contributed by atoms with Gasteiger partial charge in [0.15, 0.2) is 10.00 Å². The van der Waals surface area contributed by atoms with Crippen molar-refractivity contribution in [2.45, 2.75) is 23.8 Å². The minimum Gasteiger partial charge on any atom is -0.258 e. The van der Waals surface area contributed by atoms with Gasteiger partial charge in [-0.05, 0) is 49.2 Å². The molecule has 2 unspecified atom stereocenters. The standard InChI is InChI=1S/C16H14Cl2N4O4/c1-15(17,11-3-7-13(8-4-11)21(23)24)19-20-16(2,18)12-5-9-14(10-6-12)22(25)26/h3-10H,1-2H3/b20-19+. The Kier molecular flexibility index (Phi) is 5.58. The van der Waals surface area contributed by atoms with Crippen LogP contribution in [-0.2, 0) is 10.00 Å². The Morgan fingerprint density at radius 1 is 0.731 bits per heavy atom. The second-order valence-electron chi connectivity index (χ2n) is 5.71. The highest BCUT2D eigenvalue weighted by molar-refractivity contribution is 6.24. The molecule has 8 nitrogen and oxygen atoms in total. The first kappa shape index (κ1) is 19.7. The first-order chi connectivity index (χ1) is 12.0. The fourth-order valence-corrected chi connectivity index (χ4v) is 2.41. The lowest BCUT2D eigenvalue weighted by Crippen LogP contribution is -2.14. The van der Waals surface area contributed by atoms with Crippen molar-refractivity contribution in [1.29, 1.82) is 0 Å². The van der Waals surface area contributed by atoms with Gasteiger partial charge in [0.05, 0.1) is 9.85 Å². The summed E-state index contributed by atoms with van der Waals surface area (Å²) < 4.78 is 0. The number of halogens is 2. The molecule has 2 aromatic rings. The van der Waals surface area contributed by atoms with Crippen LogP contribution in [0.1, 0.15) is 25.0 Å². The summed E-state index contributed by atoms with van der Waals surface area (Å²) in [5.74, 6) is 0. The number of non-ortho nitro benzene ring substituents is 2. The van der Waals surface area contributed by atoms with Gasteiger partial charge in [-0.2, -0.15) is 10.2 Å². The zero-order valence-corrected chi connectivity index (χ0v) is 15.3. The lowest BCUT2D eigenvalue weighted by Gasteiger charge is -2.20. The van der Waals surface area contributed by atoms with E-state index in [1.54, 1.807) is 13.8 Å². The maximum absolute atomic E-state index is 10.7. The number of hydrogen-bond donors (Lipinski definition) is 0. The molecular formula is C16H14Cl2N4O4. The number of rotatable bonds is 6. The van der Waals surface area contributed by atoms with Gasteiger partial charge in [0, 0.05) is 24.3 Å². The summed E-state index contributed by atoms with van der Waals surface area (Å²) in [6.07, 6.45) is 0. The topological polar surface area (TPSA) is 111 Å². The van der Waals surface area contributed by atoms with E-state index in [4.69, 9.17) is 23.2 Å². The fourth-order valence-electron chi connectivity index (χ4n) is 2.08. The molecule has 2 rings (SSSR count). The molecule has 0 heterocycles. The zero-order chi connectivity index (χ0) is 19.5. The average Bonchev–Trinajstić information content (AvgIpc) is 2.60. The van der Waals surface area contributed by atoms with Crippen molar-refractivity contribution in [3.05, 3.63) is 79.9 Å². The van der Waals surface area contributed by atoms with Gasteiger partial charge in [0.2, 0.25) is 0 Å². The van der Waals surface area contributed by atoms with Crippen molar-refractivity contribution < 1.29 is 9.85 Å². The summed E-state index contributed by atoms with van der Waals surface area (Å²) >= 11 is 12.8. The molecule has 0 bridgehead atoms. The van der Waals surface area contributed by atoms with Crippen LogP contribution < -0.4 is 0 Å². The van der Waals surface area contributed by atoms with Crippen molar-refractivity contribution in [1.82, 2.24) is 0 Å². The highest BCUT2D eigenvalue weighted by atomic mass is 35.5. The second-order valence-corrected chi connectivity index (χ2v) is 7.19. The quantitative estimate of drug-likeness (QED) is 0.211. The van der Waals surface area contributed by atoms with Gasteiger partial charge >= 0.3 is 0 Å². The number of benzene rings is 2. The minimum atomic E-state index is -1.29. The molecule has 0 aromatic heterocycles. The van der Waals surface area contributed by atoms with Crippen LogP contribution in [0.4, 0.5) is 11.4 Å². The molecule has 0 saturated heterocycles. The molecule has 26 heavy (non-hydrogen) atoms. The Morgan fingerprint density at radius 3 is 1.23 bits per heavy atom. The third-order valence-electron chi connectivity index (χ3n) is 3.64. The molecule has 0 N–H and O–H groups in total. The molecule has 0 fully saturated rings. The average molecular weight is 397 g/mol. The molecule has 0 aliphatic carbocycles. The lowest BCUT2D eigenvalue weighted by atomic mass is 10.1. The number of alkyl halides is 2. The third-order valence-corrected chi connectivity index (χ3v) is 4.22. The molecule has 10 heteroatoms. The Labute approximate surface area is 158 Å². The number of nitrogens with zero attached hydrogens (tertiary/aromatic N) is 4. The Morgan fingerprint density at radius 2 is 1.00 bits per heavy atom. The van der Waals surface area contributed by atoms with E-state index in [9.17, 15) is 20.2 Å². The van der Waals surface area contributed by atoms with Gasteiger partial charge in [0.25, 0.3) is 11.4 Å². The van der Waals surface area contributed by atoms with E-state index in [0.29, 0.717) is 11.1 Å². The smallest absolute Gasteiger partial charge is 0.258 e. The molecule has 0 saturated carbocycles. The normalized spacial score (nSPS) is 16.0. The molecule has 2 aromatic carbocycles. The number of azo groups is 1. The molecule has 0 aliphatic heterocycles. The first-order valence-electron chi connectivity index (χ1n) is 7.35. The van der Waals surface area contributed by atoms with Crippen molar-refractivity contribution in [2.24, 2.45) is 10.2 Å². The first-order valence-corrected chi connectivity index (χ1v) is 8.10. The summed E-state index contributed by atoms with van der Waals surface area (Å²) in [5.41, 5.74) is 0.881. The molecule has 136 valence electrons. The Balaban J connectivity index is 2.24. The van der Waals surface area contributed by atoms with E-state index < -0.39 is 19.8 Å². The summed E-state index contributed by atoms with van der Waals surface area (Å²) in [6.45, 7) is 3.14. The van der Waals surface area contributed by atoms with E-state index in [1.807, 2.05) is 0 Å². The van der Waals surface area contributed by atoms with E-state index in [1.165, 1.54) is 48.5 Å². The predicted octanol–water partition coefficient (Wildman–Crippen LogP) is 5.48. The summed E-state index contributed by atoms with van der Waals surface area (Å²) in [7, 11) is 0. The zero-order valence-electron chi connectivity index (χ0n) is 13.8. The van der Waals surface area contributed by atoms with Crippen LogP contribution in [0.2, 0.25) is 0 Å². The van der Waals surface area contributed by atoms with Gasteiger partial charge in [-0.25, -0.2) is 0 Å². The van der Waals surface area contributed by atoms with Crippen molar-refractivity contribution in [2.75, 3.05) is 0 Å². The van der Waals surface area contributed by atoms with Crippen LogP contribution in [-0.4, -0.2) is 9.85 Å². The van der Waals surface area contributed by atoms with Gasteiger partial charge < -0.3 is 0 Å². The molecule has 0 aliphatic rings. The van der Waals surface area contributed by atoms with E-state index in [2.05, 4.69) is 10.2 Å². The lowest BCUT2D eigenvalue weighted by molar-refractivity contribution is -0.385. The van der Waals surface area contributed by atoms with Gasteiger partial charge in [-0.15, -0.1) is 0 Å². The maximum Gasteiger partial charge on any atom is 0.269 e. The van der Waals surface area contributed by atoms with Crippen molar-refractivity contribution in [3.63, 3.8) is 0 Å². The highest BCUT2D eigenvalue weighted by Gasteiger charge is 2.28. The van der Waals surface area contributed by atoms with Gasteiger partial charge in [-0.1, -0.05) is 23.2 Å². The Bertz CT molecular complexity index is 778. The molecule has 0 spiro atoms. The summed E-state index contributed by atoms with van der Waals surface area (Å²) in [5, 5.41) is 29.5. The monoisotopic (exact) mass is 396 g/mol. The molecule has 0 radical (unpaired) electrons. The number of nitro benzene ring substituents is 2. The van der Waals surface area contributed by atoms with Crippen LogP contribution >= 0.6 is 23.2 Å². The van der Waals surface area contributed by atoms with Crippen LogP contribution in [0.15, 0.2) is 58.8 Å². The van der Waals surface area contributed by atoms with Gasteiger partial charge in [0.1, 0.15) is 0 Å². The van der Waals surface area contributed by atoms with Crippen LogP contribution in [0.3, 0.4) is 0 Å². The largest absolute Gasteiger partial charge is 0.269 e.